The van der Waals surface area contributed by atoms with E-state index in [0.29, 0.717) is 12.5 Å². The van der Waals surface area contributed by atoms with Crippen molar-refractivity contribution >= 4 is 10.0 Å². The lowest BCUT2D eigenvalue weighted by Crippen LogP contribution is -2.20. The maximum Gasteiger partial charge on any atom is 0.238 e. The molecule has 1 aromatic carbocycles. The third-order valence-corrected chi connectivity index (χ3v) is 4.61. The van der Waals surface area contributed by atoms with Crippen molar-refractivity contribution in [2.75, 3.05) is 0 Å². The van der Waals surface area contributed by atoms with Crippen LogP contribution in [-0.2, 0) is 16.6 Å². The number of rotatable bonds is 6. The second-order valence-electron chi connectivity index (χ2n) is 5.93. The van der Waals surface area contributed by atoms with Gasteiger partial charge in [0.1, 0.15) is 0 Å². The van der Waals surface area contributed by atoms with E-state index in [4.69, 9.17) is 5.14 Å². The standard InChI is InChI=1S/C17H23N3O2S/c1-12(2)17-9-5-7-15(20-17)11-19-13(3)14-6-4-8-16(10-14)23(18,21)22/h4-10,12-13,19H,11H2,1-3H3,(H2,18,21,22)/t13-/m0/s1. The Morgan fingerprint density at radius 2 is 1.83 bits per heavy atom. The summed E-state index contributed by atoms with van der Waals surface area (Å²) >= 11 is 0. The number of nitrogens with one attached hydrogen (secondary N) is 1. The number of hydrogen-bond donors (Lipinski definition) is 2. The van der Waals surface area contributed by atoms with E-state index in [0.717, 1.165) is 17.0 Å². The molecule has 2 rings (SSSR count). The molecule has 0 aliphatic heterocycles. The maximum atomic E-state index is 11.4. The van der Waals surface area contributed by atoms with E-state index < -0.39 is 10.0 Å². The van der Waals surface area contributed by atoms with Gasteiger partial charge in [0.05, 0.1) is 10.6 Å². The lowest BCUT2D eigenvalue weighted by molar-refractivity contribution is 0.563. The molecule has 1 heterocycles. The minimum atomic E-state index is -3.68. The molecule has 23 heavy (non-hydrogen) atoms. The average Bonchev–Trinajstić information content (AvgIpc) is 2.52. The Morgan fingerprint density at radius 3 is 2.48 bits per heavy atom. The summed E-state index contributed by atoms with van der Waals surface area (Å²) in [6.07, 6.45) is 0. The first-order chi connectivity index (χ1) is 10.8. The zero-order chi connectivity index (χ0) is 17.0. The van der Waals surface area contributed by atoms with E-state index in [1.165, 1.54) is 6.07 Å². The third kappa shape index (κ3) is 4.86. The monoisotopic (exact) mass is 333 g/mol. The van der Waals surface area contributed by atoms with E-state index in [1.807, 2.05) is 31.2 Å². The second kappa shape index (κ2) is 7.21. The van der Waals surface area contributed by atoms with E-state index in [9.17, 15) is 8.42 Å². The molecule has 0 aliphatic rings. The van der Waals surface area contributed by atoms with Gasteiger partial charge in [0.25, 0.3) is 0 Å². The highest BCUT2D eigenvalue weighted by atomic mass is 32.2. The van der Waals surface area contributed by atoms with Crippen molar-refractivity contribution in [2.45, 2.75) is 44.2 Å². The van der Waals surface area contributed by atoms with Gasteiger partial charge in [-0.3, -0.25) is 4.98 Å². The van der Waals surface area contributed by atoms with E-state index in [-0.39, 0.29) is 10.9 Å². The molecule has 5 nitrogen and oxygen atoms in total. The summed E-state index contributed by atoms with van der Waals surface area (Å²) < 4.78 is 22.9. The highest BCUT2D eigenvalue weighted by Gasteiger charge is 2.11. The predicted molar refractivity (Wildman–Crippen MR) is 91.4 cm³/mol. The topological polar surface area (TPSA) is 85.1 Å². The molecule has 0 bridgehead atoms. The van der Waals surface area contributed by atoms with Crippen molar-refractivity contribution in [3.05, 3.63) is 59.4 Å². The second-order valence-corrected chi connectivity index (χ2v) is 7.49. The van der Waals surface area contributed by atoms with Crippen LogP contribution in [0.4, 0.5) is 0 Å². The van der Waals surface area contributed by atoms with E-state index in [1.54, 1.807) is 12.1 Å². The predicted octanol–water partition coefficient (Wildman–Crippen LogP) is 2.70. The number of aromatic nitrogens is 1. The highest BCUT2D eigenvalue weighted by molar-refractivity contribution is 7.89. The van der Waals surface area contributed by atoms with Crippen molar-refractivity contribution < 1.29 is 8.42 Å². The Bertz CT molecular complexity index is 773. The molecule has 124 valence electrons. The third-order valence-electron chi connectivity index (χ3n) is 3.70. The number of nitrogens with two attached hydrogens (primary N) is 1. The highest BCUT2D eigenvalue weighted by Crippen LogP contribution is 2.17. The molecule has 0 radical (unpaired) electrons. The van der Waals surface area contributed by atoms with Gasteiger partial charge in [-0.2, -0.15) is 0 Å². The molecule has 0 aliphatic carbocycles. The minimum Gasteiger partial charge on any atom is -0.305 e. The molecule has 0 saturated carbocycles. The summed E-state index contributed by atoms with van der Waals surface area (Å²) in [7, 11) is -3.68. The van der Waals surface area contributed by atoms with Crippen LogP contribution in [0.3, 0.4) is 0 Å². The first kappa shape index (κ1) is 17.6. The number of sulfonamides is 1. The van der Waals surface area contributed by atoms with Crippen LogP contribution < -0.4 is 10.5 Å². The van der Waals surface area contributed by atoms with Crippen molar-refractivity contribution in [2.24, 2.45) is 5.14 Å². The molecule has 0 fully saturated rings. The van der Waals surface area contributed by atoms with Crippen molar-refractivity contribution in [1.82, 2.24) is 10.3 Å². The maximum absolute atomic E-state index is 11.4. The van der Waals surface area contributed by atoms with Gasteiger partial charge in [-0.1, -0.05) is 32.0 Å². The molecule has 6 heteroatoms. The fourth-order valence-electron chi connectivity index (χ4n) is 2.25. The van der Waals surface area contributed by atoms with Crippen molar-refractivity contribution in [1.29, 1.82) is 0 Å². The van der Waals surface area contributed by atoms with Crippen molar-refractivity contribution in [3.8, 4) is 0 Å². The number of hydrogen-bond acceptors (Lipinski definition) is 4. The molecular formula is C17H23N3O2S. The lowest BCUT2D eigenvalue weighted by Gasteiger charge is -2.15. The van der Waals surface area contributed by atoms with Gasteiger partial charge < -0.3 is 5.32 Å². The van der Waals surface area contributed by atoms with E-state index >= 15 is 0 Å². The summed E-state index contributed by atoms with van der Waals surface area (Å²) in [5.74, 6) is 0.388. The van der Waals surface area contributed by atoms with E-state index in [2.05, 4.69) is 24.1 Å². The van der Waals surface area contributed by atoms with Gasteiger partial charge in [0.2, 0.25) is 10.0 Å². The van der Waals surface area contributed by atoms with Crippen LogP contribution in [0.25, 0.3) is 0 Å². The van der Waals surface area contributed by atoms with Crippen molar-refractivity contribution in [3.63, 3.8) is 0 Å². The Hall–Kier alpha value is -1.76. The summed E-state index contributed by atoms with van der Waals surface area (Å²) in [4.78, 5) is 4.74. The summed E-state index contributed by atoms with van der Waals surface area (Å²) in [5.41, 5.74) is 2.90. The minimum absolute atomic E-state index is 0.0128. The number of benzene rings is 1. The normalized spacial score (nSPS) is 13.3. The molecule has 0 unspecified atom stereocenters. The smallest absolute Gasteiger partial charge is 0.238 e. The van der Waals surface area contributed by atoms with Crippen LogP contribution in [0, 0.1) is 0 Å². The molecule has 3 N–H and O–H groups in total. The van der Waals surface area contributed by atoms with Crippen LogP contribution in [0.2, 0.25) is 0 Å². The molecule has 1 aromatic heterocycles. The van der Waals surface area contributed by atoms with Gasteiger partial charge in [0, 0.05) is 18.3 Å². The van der Waals surface area contributed by atoms with Crippen LogP contribution in [0.15, 0.2) is 47.4 Å². The largest absolute Gasteiger partial charge is 0.305 e. The van der Waals surface area contributed by atoms with Gasteiger partial charge in [-0.25, -0.2) is 13.6 Å². The van der Waals surface area contributed by atoms with Gasteiger partial charge in [0.15, 0.2) is 0 Å². The fourth-order valence-corrected chi connectivity index (χ4v) is 2.82. The quantitative estimate of drug-likeness (QED) is 0.851. The Morgan fingerprint density at radius 1 is 1.13 bits per heavy atom. The summed E-state index contributed by atoms with van der Waals surface area (Å²) in [6, 6.07) is 12.7. The Balaban J connectivity index is 2.08. The molecule has 1 atom stereocenters. The lowest BCUT2D eigenvalue weighted by atomic mass is 10.1. The first-order valence-electron chi connectivity index (χ1n) is 7.59. The van der Waals surface area contributed by atoms with Crippen LogP contribution >= 0.6 is 0 Å². The molecular weight excluding hydrogens is 310 g/mol. The molecule has 0 spiro atoms. The molecule has 0 saturated heterocycles. The molecule has 2 aromatic rings. The Labute approximate surface area is 138 Å². The summed E-state index contributed by atoms with van der Waals surface area (Å²) in [6.45, 7) is 6.82. The zero-order valence-electron chi connectivity index (χ0n) is 13.7. The van der Waals surface area contributed by atoms with Crippen LogP contribution in [0.1, 0.15) is 49.7 Å². The molecule has 0 amide bonds. The number of pyridine rings is 1. The summed E-state index contributed by atoms with van der Waals surface area (Å²) in [5, 5.41) is 8.54. The number of primary sulfonamides is 1. The van der Waals surface area contributed by atoms with Gasteiger partial charge >= 0.3 is 0 Å². The average molecular weight is 333 g/mol. The van der Waals surface area contributed by atoms with Gasteiger partial charge in [-0.05, 0) is 42.7 Å². The first-order valence-corrected chi connectivity index (χ1v) is 9.14. The zero-order valence-corrected chi connectivity index (χ0v) is 14.5. The SMILES string of the molecule is CC(C)c1cccc(CN[C@@H](C)c2cccc(S(N)(=O)=O)c2)n1. The van der Waals surface area contributed by atoms with Crippen LogP contribution in [-0.4, -0.2) is 13.4 Å². The fraction of sp³-hybridized carbons (Fsp3) is 0.353. The van der Waals surface area contributed by atoms with Gasteiger partial charge in [-0.15, -0.1) is 0 Å². The Kier molecular flexibility index (Phi) is 5.51. The number of nitrogens with zero attached hydrogens (tertiary/aromatic N) is 1. The van der Waals surface area contributed by atoms with Crippen LogP contribution in [0.5, 0.6) is 0 Å².